The molecule has 1 unspecified atom stereocenters. The average molecular weight is 311 g/mol. The number of rotatable bonds is 9. The van der Waals surface area contributed by atoms with Gasteiger partial charge in [0.1, 0.15) is 0 Å². The van der Waals surface area contributed by atoms with E-state index in [2.05, 4.69) is 17.6 Å². The van der Waals surface area contributed by atoms with E-state index in [1.54, 1.807) is 0 Å². The first-order valence-corrected chi connectivity index (χ1v) is 8.50. The second-order valence-electron chi connectivity index (χ2n) is 6.82. The molecular weight excluding hydrogens is 282 g/mol. The molecule has 2 amide bonds. The van der Waals surface area contributed by atoms with E-state index >= 15 is 0 Å². The van der Waals surface area contributed by atoms with Crippen molar-refractivity contribution in [2.45, 2.75) is 70.5 Å². The predicted octanol–water partition coefficient (Wildman–Crippen LogP) is 1.80. The lowest BCUT2D eigenvalue weighted by Crippen LogP contribution is -2.57. The summed E-state index contributed by atoms with van der Waals surface area (Å²) in [5.74, 6) is 0.106. The largest absolute Gasteiger partial charge is 0.480 e. The first kappa shape index (κ1) is 17.1. The number of urea groups is 1. The Labute approximate surface area is 132 Å². The summed E-state index contributed by atoms with van der Waals surface area (Å²) in [6.45, 7) is 4.83. The van der Waals surface area contributed by atoms with Crippen LogP contribution in [0, 0.1) is 5.92 Å². The number of carboxylic acids is 1. The lowest BCUT2D eigenvalue weighted by atomic mass is 9.85. The minimum atomic E-state index is -0.791. The van der Waals surface area contributed by atoms with Gasteiger partial charge < -0.3 is 15.7 Å². The highest BCUT2D eigenvalue weighted by atomic mass is 16.4. The summed E-state index contributed by atoms with van der Waals surface area (Å²) >= 11 is 0. The summed E-state index contributed by atoms with van der Waals surface area (Å²) in [7, 11) is 0. The Morgan fingerprint density at radius 3 is 2.55 bits per heavy atom. The van der Waals surface area contributed by atoms with E-state index in [1.807, 2.05) is 11.8 Å². The second kappa shape index (κ2) is 7.81. The van der Waals surface area contributed by atoms with Crippen LogP contribution >= 0.6 is 0 Å². The zero-order chi connectivity index (χ0) is 16.1. The van der Waals surface area contributed by atoms with Crippen LogP contribution in [0.15, 0.2) is 0 Å². The van der Waals surface area contributed by atoms with Crippen LogP contribution in [0.1, 0.15) is 52.4 Å². The number of nitrogens with zero attached hydrogens (tertiary/aromatic N) is 1. The van der Waals surface area contributed by atoms with Gasteiger partial charge in [-0.3, -0.25) is 9.69 Å². The molecule has 2 fully saturated rings. The first-order chi connectivity index (χ1) is 10.5. The van der Waals surface area contributed by atoms with E-state index in [9.17, 15) is 9.59 Å². The van der Waals surface area contributed by atoms with Gasteiger partial charge in [-0.1, -0.05) is 19.8 Å². The number of carbonyl (C=O) groups is 2. The smallest absolute Gasteiger partial charge is 0.317 e. The van der Waals surface area contributed by atoms with Crippen molar-refractivity contribution in [3.8, 4) is 0 Å². The number of amides is 2. The molecule has 6 nitrogen and oxygen atoms in total. The van der Waals surface area contributed by atoms with Gasteiger partial charge in [-0.25, -0.2) is 4.79 Å². The number of carbonyl (C=O) groups excluding carboxylic acids is 1. The molecule has 0 bridgehead atoms. The molecule has 0 saturated heterocycles. The van der Waals surface area contributed by atoms with Crippen LogP contribution in [0.4, 0.5) is 4.79 Å². The van der Waals surface area contributed by atoms with Crippen molar-refractivity contribution >= 4 is 12.0 Å². The van der Waals surface area contributed by atoms with Crippen LogP contribution in [-0.2, 0) is 4.79 Å². The quantitative estimate of drug-likeness (QED) is 0.606. The van der Waals surface area contributed by atoms with Crippen molar-refractivity contribution in [2.75, 3.05) is 13.1 Å². The monoisotopic (exact) mass is 311 g/mol. The summed E-state index contributed by atoms with van der Waals surface area (Å²) in [5.41, 5.74) is 0. The van der Waals surface area contributed by atoms with E-state index in [0.29, 0.717) is 0 Å². The standard InChI is InChI=1S/C16H29N3O3/c1-3-19(10-15(20)21)14-8-13(9-14)18-16(22)17-11(2)4-5-12-6-7-12/h11-14H,3-10H2,1-2H3,(H,20,21)(H2,17,18,22). The summed E-state index contributed by atoms with van der Waals surface area (Å²) in [6.07, 6.45) is 6.65. The first-order valence-electron chi connectivity index (χ1n) is 8.50. The van der Waals surface area contributed by atoms with Crippen molar-refractivity contribution in [3.05, 3.63) is 0 Å². The Morgan fingerprint density at radius 2 is 2.00 bits per heavy atom. The molecule has 2 aliphatic rings. The number of aliphatic carboxylic acids is 1. The summed E-state index contributed by atoms with van der Waals surface area (Å²) in [6, 6.07) is 0.575. The molecule has 22 heavy (non-hydrogen) atoms. The Morgan fingerprint density at radius 1 is 1.32 bits per heavy atom. The molecule has 0 aromatic heterocycles. The second-order valence-corrected chi connectivity index (χ2v) is 6.82. The van der Waals surface area contributed by atoms with Gasteiger partial charge in [-0.15, -0.1) is 0 Å². The molecule has 0 spiro atoms. The van der Waals surface area contributed by atoms with Crippen LogP contribution in [-0.4, -0.2) is 53.2 Å². The number of carboxylic acid groups (broad SMARTS) is 1. The molecule has 1 atom stereocenters. The highest BCUT2D eigenvalue weighted by molar-refractivity contribution is 5.74. The predicted molar refractivity (Wildman–Crippen MR) is 84.8 cm³/mol. The Balaban J connectivity index is 1.59. The molecule has 126 valence electrons. The van der Waals surface area contributed by atoms with E-state index in [4.69, 9.17) is 5.11 Å². The zero-order valence-electron chi connectivity index (χ0n) is 13.7. The van der Waals surface area contributed by atoms with Gasteiger partial charge >= 0.3 is 12.0 Å². The third-order valence-corrected chi connectivity index (χ3v) is 4.79. The number of likely N-dealkylation sites (N-methyl/N-ethyl adjacent to an activating group) is 1. The van der Waals surface area contributed by atoms with Crippen molar-refractivity contribution in [1.29, 1.82) is 0 Å². The van der Waals surface area contributed by atoms with Gasteiger partial charge in [0.2, 0.25) is 0 Å². The van der Waals surface area contributed by atoms with E-state index in [-0.39, 0.29) is 30.7 Å². The van der Waals surface area contributed by atoms with Crippen LogP contribution in [0.25, 0.3) is 0 Å². The lowest BCUT2D eigenvalue weighted by molar-refractivity contribution is -0.139. The lowest BCUT2D eigenvalue weighted by Gasteiger charge is -2.42. The fourth-order valence-corrected chi connectivity index (χ4v) is 3.09. The molecule has 6 heteroatoms. The van der Waals surface area contributed by atoms with Gasteiger partial charge in [0, 0.05) is 18.1 Å². The average Bonchev–Trinajstić information content (AvgIpc) is 3.21. The molecule has 0 aromatic rings. The number of nitrogens with one attached hydrogen (secondary N) is 2. The third kappa shape index (κ3) is 5.48. The molecule has 3 N–H and O–H groups in total. The fraction of sp³-hybridized carbons (Fsp3) is 0.875. The maximum atomic E-state index is 11.9. The van der Waals surface area contributed by atoms with Crippen LogP contribution in [0.5, 0.6) is 0 Å². The maximum Gasteiger partial charge on any atom is 0.317 e. The highest BCUT2D eigenvalue weighted by Crippen LogP contribution is 2.33. The Hall–Kier alpha value is -1.30. The van der Waals surface area contributed by atoms with E-state index in [1.165, 1.54) is 19.3 Å². The summed E-state index contributed by atoms with van der Waals surface area (Å²) in [4.78, 5) is 24.7. The topological polar surface area (TPSA) is 81.7 Å². The highest BCUT2D eigenvalue weighted by Gasteiger charge is 2.34. The molecule has 2 aliphatic carbocycles. The van der Waals surface area contributed by atoms with Crippen LogP contribution in [0.3, 0.4) is 0 Å². The normalized spacial score (nSPS) is 25.4. The summed E-state index contributed by atoms with van der Waals surface area (Å²) < 4.78 is 0. The van der Waals surface area contributed by atoms with E-state index in [0.717, 1.165) is 31.7 Å². The minimum absolute atomic E-state index is 0.0816. The van der Waals surface area contributed by atoms with Crippen molar-refractivity contribution in [2.24, 2.45) is 5.92 Å². The van der Waals surface area contributed by atoms with Gasteiger partial charge in [0.25, 0.3) is 0 Å². The van der Waals surface area contributed by atoms with Gasteiger partial charge in [-0.2, -0.15) is 0 Å². The molecule has 2 saturated carbocycles. The van der Waals surface area contributed by atoms with Crippen molar-refractivity contribution in [3.63, 3.8) is 0 Å². The third-order valence-electron chi connectivity index (χ3n) is 4.79. The maximum absolute atomic E-state index is 11.9. The molecular formula is C16H29N3O3. The Kier molecular flexibility index (Phi) is 6.06. The van der Waals surface area contributed by atoms with Gasteiger partial charge in [-0.05, 0) is 45.1 Å². The van der Waals surface area contributed by atoms with Crippen molar-refractivity contribution < 1.29 is 14.7 Å². The molecule has 2 rings (SSSR count). The molecule has 0 radical (unpaired) electrons. The molecule has 0 heterocycles. The van der Waals surface area contributed by atoms with E-state index < -0.39 is 5.97 Å². The Bertz CT molecular complexity index is 392. The van der Waals surface area contributed by atoms with Crippen molar-refractivity contribution in [1.82, 2.24) is 15.5 Å². The van der Waals surface area contributed by atoms with Gasteiger partial charge in [0.15, 0.2) is 0 Å². The van der Waals surface area contributed by atoms with Gasteiger partial charge in [0.05, 0.1) is 6.54 Å². The zero-order valence-corrected chi connectivity index (χ0v) is 13.7. The molecule has 0 aromatic carbocycles. The van der Waals surface area contributed by atoms with Crippen LogP contribution in [0.2, 0.25) is 0 Å². The number of hydrogen-bond acceptors (Lipinski definition) is 3. The van der Waals surface area contributed by atoms with Crippen LogP contribution < -0.4 is 10.6 Å². The SMILES string of the molecule is CCN(CC(=O)O)C1CC(NC(=O)NC(C)CCC2CC2)C1. The molecule has 0 aliphatic heterocycles. The minimum Gasteiger partial charge on any atom is -0.480 e. The fourth-order valence-electron chi connectivity index (χ4n) is 3.09. The summed E-state index contributed by atoms with van der Waals surface area (Å²) in [5, 5.41) is 14.8. The number of hydrogen-bond donors (Lipinski definition) is 3.